The summed E-state index contributed by atoms with van der Waals surface area (Å²) in [5.41, 5.74) is 1.74. The zero-order chi connectivity index (χ0) is 16.7. The van der Waals surface area contributed by atoms with Gasteiger partial charge in [-0.25, -0.2) is 4.79 Å². The molecular weight excluding hydrogens is 310 g/mol. The van der Waals surface area contributed by atoms with Gasteiger partial charge in [0.05, 0.1) is 17.4 Å². The first kappa shape index (κ1) is 17.3. The first-order valence-corrected chi connectivity index (χ1v) is 8.55. The molecule has 23 heavy (non-hydrogen) atoms. The Morgan fingerprint density at radius 2 is 2.09 bits per heavy atom. The maximum atomic E-state index is 12.3. The number of carbonyl (C=O) groups excluding carboxylic acids is 1. The first-order chi connectivity index (χ1) is 11.2. The number of carbonyl (C=O) groups is 1. The number of aliphatic hydroxyl groups excluding tert-OH is 1. The number of rotatable bonds is 7. The molecule has 0 saturated carbocycles. The van der Waals surface area contributed by atoms with E-state index in [9.17, 15) is 9.90 Å². The van der Waals surface area contributed by atoms with Crippen molar-refractivity contribution in [2.45, 2.75) is 19.4 Å². The second-order valence-corrected chi connectivity index (χ2v) is 6.19. The monoisotopic (exact) mass is 333 g/mol. The van der Waals surface area contributed by atoms with Gasteiger partial charge in [0.15, 0.2) is 0 Å². The SMILES string of the molecule is CCN(C)c1ccccc1NC(=O)NC(CCO)c1cccs1. The van der Waals surface area contributed by atoms with Crippen molar-refractivity contribution in [3.63, 3.8) is 0 Å². The summed E-state index contributed by atoms with van der Waals surface area (Å²) in [6.07, 6.45) is 0.491. The van der Waals surface area contributed by atoms with Gasteiger partial charge in [0, 0.05) is 25.1 Å². The van der Waals surface area contributed by atoms with Crippen molar-refractivity contribution < 1.29 is 9.90 Å². The highest BCUT2D eigenvalue weighted by Gasteiger charge is 2.16. The number of aliphatic hydroxyl groups is 1. The van der Waals surface area contributed by atoms with E-state index in [2.05, 4.69) is 22.5 Å². The van der Waals surface area contributed by atoms with E-state index in [1.807, 2.05) is 48.8 Å². The van der Waals surface area contributed by atoms with Crippen molar-refractivity contribution in [1.29, 1.82) is 0 Å². The molecule has 6 heteroatoms. The molecular formula is C17H23N3O2S. The molecule has 3 N–H and O–H groups in total. The molecule has 2 amide bonds. The maximum Gasteiger partial charge on any atom is 0.319 e. The Morgan fingerprint density at radius 3 is 2.74 bits per heavy atom. The molecule has 2 rings (SSSR count). The van der Waals surface area contributed by atoms with Crippen LogP contribution in [0.5, 0.6) is 0 Å². The normalized spacial score (nSPS) is 11.8. The Morgan fingerprint density at radius 1 is 1.30 bits per heavy atom. The molecule has 1 heterocycles. The van der Waals surface area contributed by atoms with Crippen LogP contribution in [0.1, 0.15) is 24.3 Å². The van der Waals surface area contributed by atoms with Gasteiger partial charge >= 0.3 is 6.03 Å². The fraction of sp³-hybridized carbons (Fsp3) is 0.353. The highest BCUT2D eigenvalue weighted by molar-refractivity contribution is 7.10. The van der Waals surface area contributed by atoms with E-state index in [-0.39, 0.29) is 18.7 Å². The van der Waals surface area contributed by atoms with Gasteiger partial charge in [0.2, 0.25) is 0 Å². The molecule has 5 nitrogen and oxygen atoms in total. The summed E-state index contributed by atoms with van der Waals surface area (Å²) in [7, 11) is 1.98. The fourth-order valence-electron chi connectivity index (χ4n) is 2.30. The smallest absolute Gasteiger partial charge is 0.319 e. The van der Waals surface area contributed by atoms with E-state index in [1.54, 1.807) is 11.3 Å². The van der Waals surface area contributed by atoms with Crippen LogP contribution in [0, 0.1) is 0 Å². The van der Waals surface area contributed by atoms with E-state index in [0.29, 0.717) is 6.42 Å². The summed E-state index contributed by atoms with van der Waals surface area (Å²) in [5.74, 6) is 0. The van der Waals surface area contributed by atoms with Gasteiger partial charge in [-0.15, -0.1) is 11.3 Å². The number of benzene rings is 1. The molecule has 1 atom stereocenters. The average molecular weight is 333 g/mol. The summed E-state index contributed by atoms with van der Waals surface area (Å²) in [4.78, 5) is 15.4. The predicted octanol–water partition coefficient (Wildman–Crippen LogP) is 3.45. The van der Waals surface area contributed by atoms with Gasteiger partial charge in [0.25, 0.3) is 0 Å². The minimum Gasteiger partial charge on any atom is -0.396 e. The van der Waals surface area contributed by atoms with Crippen LogP contribution in [-0.2, 0) is 0 Å². The maximum absolute atomic E-state index is 12.3. The lowest BCUT2D eigenvalue weighted by molar-refractivity contribution is 0.239. The molecule has 0 spiro atoms. The number of anilines is 2. The van der Waals surface area contributed by atoms with Crippen LogP contribution in [0.15, 0.2) is 41.8 Å². The number of hydrogen-bond acceptors (Lipinski definition) is 4. The summed E-state index contributed by atoms with van der Waals surface area (Å²) in [5, 5.41) is 17.0. The molecule has 0 fully saturated rings. The number of nitrogens with one attached hydrogen (secondary N) is 2. The number of urea groups is 1. The third-order valence-electron chi connectivity index (χ3n) is 3.65. The molecule has 0 bridgehead atoms. The fourth-order valence-corrected chi connectivity index (χ4v) is 3.12. The Balaban J connectivity index is 2.07. The van der Waals surface area contributed by atoms with Gasteiger partial charge in [-0.1, -0.05) is 18.2 Å². The zero-order valence-corrected chi connectivity index (χ0v) is 14.3. The van der Waals surface area contributed by atoms with Crippen LogP contribution in [0.2, 0.25) is 0 Å². The zero-order valence-electron chi connectivity index (χ0n) is 13.5. The van der Waals surface area contributed by atoms with Gasteiger partial charge in [-0.3, -0.25) is 0 Å². The lowest BCUT2D eigenvalue weighted by Gasteiger charge is -2.22. The van der Waals surface area contributed by atoms with Crippen molar-refractivity contribution in [3.8, 4) is 0 Å². The first-order valence-electron chi connectivity index (χ1n) is 7.67. The third-order valence-corrected chi connectivity index (χ3v) is 4.63. The molecule has 0 aliphatic rings. The second-order valence-electron chi connectivity index (χ2n) is 5.21. The van der Waals surface area contributed by atoms with E-state index in [0.717, 1.165) is 22.8 Å². The quantitative estimate of drug-likeness (QED) is 0.727. The van der Waals surface area contributed by atoms with Gasteiger partial charge in [0.1, 0.15) is 0 Å². The highest BCUT2D eigenvalue weighted by atomic mass is 32.1. The van der Waals surface area contributed by atoms with Crippen LogP contribution >= 0.6 is 11.3 Å². The van der Waals surface area contributed by atoms with Gasteiger partial charge in [-0.05, 0) is 36.9 Å². The van der Waals surface area contributed by atoms with Crippen LogP contribution in [-0.4, -0.2) is 31.3 Å². The van der Waals surface area contributed by atoms with Crippen molar-refractivity contribution in [1.82, 2.24) is 5.32 Å². The Labute approximate surface area is 140 Å². The van der Waals surface area contributed by atoms with Crippen LogP contribution in [0.25, 0.3) is 0 Å². The van der Waals surface area contributed by atoms with Crippen LogP contribution in [0.4, 0.5) is 16.2 Å². The molecule has 0 aliphatic carbocycles. The standard InChI is InChI=1S/C17H23N3O2S/c1-3-20(2)15-8-5-4-7-13(15)18-17(22)19-14(10-11-21)16-9-6-12-23-16/h4-9,12,14,21H,3,10-11H2,1-2H3,(H2,18,19,22). The number of hydrogen-bond donors (Lipinski definition) is 3. The topological polar surface area (TPSA) is 64.6 Å². The number of nitrogens with zero attached hydrogens (tertiary/aromatic N) is 1. The van der Waals surface area contributed by atoms with Crippen LogP contribution < -0.4 is 15.5 Å². The Hall–Kier alpha value is -2.05. The highest BCUT2D eigenvalue weighted by Crippen LogP contribution is 2.25. The van der Waals surface area contributed by atoms with Crippen molar-refractivity contribution in [3.05, 3.63) is 46.7 Å². The lowest BCUT2D eigenvalue weighted by Crippen LogP contribution is -2.33. The summed E-state index contributed by atoms with van der Waals surface area (Å²) < 4.78 is 0. The third kappa shape index (κ3) is 4.71. The summed E-state index contributed by atoms with van der Waals surface area (Å²) in [6.45, 7) is 2.94. The second kappa shape index (κ2) is 8.55. The minimum atomic E-state index is -0.270. The summed E-state index contributed by atoms with van der Waals surface area (Å²) in [6, 6.07) is 11.2. The van der Waals surface area contributed by atoms with Crippen LogP contribution in [0.3, 0.4) is 0 Å². The molecule has 1 aromatic heterocycles. The van der Waals surface area contributed by atoms with Crippen molar-refractivity contribution in [2.24, 2.45) is 0 Å². The van der Waals surface area contributed by atoms with E-state index >= 15 is 0 Å². The van der Waals surface area contributed by atoms with Crippen molar-refractivity contribution >= 4 is 28.7 Å². The molecule has 0 radical (unpaired) electrons. The number of para-hydroxylation sites is 2. The van der Waals surface area contributed by atoms with Gasteiger partial charge < -0.3 is 20.6 Å². The summed E-state index contributed by atoms with van der Waals surface area (Å²) >= 11 is 1.57. The van der Waals surface area contributed by atoms with E-state index in [1.165, 1.54) is 0 Å². The Bertz CT molecular complexity index is 616. The average Bonchev–Trinajstić information content (AvgIpc) is 3.08. The molecule has 124 valence electrons. The van der Waals surface area contributed by atoms with E-state index < -0.39 is 0 Å². The molecule has 0 aliphatic heterocycles. The Kier molecular flexibility index (Phi) is 6.43. The van der Waals surface area contributed by atoms with Gasteiger partial charge in [-0.2, -0.15) is 0 Å². The van der Waals surface area contributed by atoms with Crippen molar-refractivity contribution in [2.75, 3.05) is 30.4 Å². The number of amides is 2. The molecule has 1 unspecified atom stereocenters. The number of thiophene rings is 1. The molecule has 1 aromatic carbocycles. The minimum absolute atomic E-state index is 0.0258. The van der Waals surface area contributed by atoms with E-state index in [4.69, 9.17) is 0 Å². The lowest BCUT2D eigenvalue weighted by atomic mass is 10.2. The molecule has 0 saturated heterocycles. The molecule has 2 aromatic rings. The predicted molar refractivity (Wildman–Crippen MR) is 96.3 cm³/mol. The largest absolute Gasteiger partial charge is 0.396 e.